The van der Waals surface area contributed by atoms with E-state index in [4.69, 9.17) is 0 Å². The van der Waals surface area contributed by atoms with E-state index < -0.39 is 6.10 Å². The van der Waals surface area contributed by atoms with Crippen LogP contribution in [0.5, 0.6) is 0 Å². The second-order valence-electron chi connectivity index (χ2n) is 6.30. The number of piperidine rings is 1. The van der Waals surface area contributed by atoms with Gasteiger partial charge in [-0.25, -0.2) is 4.98 Å². The number of aromatic nitrogens is 2. The third-order valence-electron chi connectivity index (χ3n) is 4.45. The minimum Gasteiger partial charge on any atom is -0.391 e. The van der Waals surface area contributed by atoms with Gasteiger partial charge >= 0.3 is 0 Å². The Labute approximate surface area is 183 Å². The fourth-order valence-electron chi connectivity index (χ4n) is 3.15. The van der Waals surface area contributed by atoms with Gasteiger partial charge in [0.05, 0.1) is 29.9 Å². The lowest BCUT2D eigenvalue weighted by Crippen LogP contribution is -2.46. The molecule has 1 aromatic heterocycles. The van der Waals surface area contributed by atoms with E-state index in [0.717, 1.165) is 23.6 Å². The molecule has 2 aromatic rings. The average molecular weight is 523 g/mol. The summed E-state index contributed by atoms with van der Waals surface area (Å²) in [6, 6.07) is 5.40. The summed E-state index contributed by atoms with van der Waals surface area (Å²) in [5.74, 6) is 0.843. The smallest absolute Gasteiger partial charge is 0.261 e. The van der Waals surface area contributed by atoms with E-state index >= 15 is 0 Å². The maximum absolute atomic E-state index is 12.7. The highest BCUT2D eigenvalue weighted by Crippen LogP contribution is 2.20. The first kappa shape index (κ1) is 24.3. The zero-order valence-corrected chi connectivity index (χ0v) is 19.3. The van der Waals surface area contributed by atoms with Crippen molar-refractivity contribution in [1.82, 2.24) is 14.9 Å². The van der Waals surface area contributed by atoms with Crippen molar-refractivity contribution in [3.05, 3.63) is 34.9 Å². The highest BCUT2D eigenvalue weighted by atomic mass is 79.9. The monoisotopic (exact) mass is 521 g/mol. The van der Waals surface area contributed by atoms with Crippen LogP contribution in [-0.4, -0.2) is 44.9 Å². The van der Waals surface area contributed by atoms with Gasteiger partial charge in [-0.05, 0) is 43.3 Å². The number of fused-ring (bicyclic) bond motifs is 1. The molecule has 27 heavy (non-hydrogen) atoms. The first-order chi connectivity index (χ1) is 12.1. The number of Topliss-reactive ketones (excluding diaryl/α,β-unsaturated/α-hetero) is 1. The lowest BCUT2D eigenvalue weighted by Gasteiger charge is -2.28. The zero-order chi connectivity index (χ0) is 17.8. The summed E-state index contributed by atoms with van der Waals surface area (Å²) in [6.07, 6.45) is 2.77. The van der Waals surface area contributed by atoms with Gasteiger partial charge in [-0.1, -0.05) is 6.92 Å². The Kier molecular flexibility index (Phi) is 10.2. The molecule has 0 aliphatic carbocycles. The summed E-state index contributed by atoms with van der Waals surface area (Å²) < 4.78 is 1.36. The maximum Gasteiger partial charge on any atom is 0.261 e. The van der Waals surface area contributed by atoms with Crippen LogP contribution in [0.25, 0.3) is 10.9 Å². The second kappa shape index (κ2) is 11.3. The summed E-state index contributed by atoms with van der Waals surface area (Å²) >= 11 is 1.66. The summed E-state index contributed by atoms with van der Waals surface area (Å²) in [7, 11) is 0. The highest BCUT2D eigenvalue weighted by molar-refractivity contribution is 8.93. The van der Waals surface area contributed by atoms with Crippen molar-refractivity contribution in [3.63, 3.8) is 0 Å². The molecule has 1 aliphatic heterocycles. The van der Waals surface area contributed by atoms with Gasteiger partial charge in [-0.2, -0.15) is 0 Å². The number of nitrogens with zero attached hydrogens (tertiary/aromatic N) is 2. The molecule has 6 nitrogen and oxygen atoms in total. The van der Waals surface area contributed by atoms with Crippen LogP contribution in [0, 0.1) is 0 Å². The number of halogens is 2. The van der Waals surface area contributed by atoms with Gasteiger partial charge in [-0.3, -0.25) is 14.2 Å². The second-order valence-corrected chi connectivity index (χ2v) is 7.64. The minimum atomic E-state index is -0.502. The molecule has 2 heterocycles. The van der Waals surface area contributed by atoms with Crippen LogP contribution < -0.4 is 10.9 Å². The topological polar surface area (TPSA) is 84.2 Å². The molecule has 1 aliphatic rings. The summed E-state index contributed by atoms with van der Waals surface area (Å²) in [5, 5.41) is 13.7. The molecule has 3 rings (SSSR count). The number of carbonyl (C=O) groups is 1. The molecule has 9 heteroatoms. The fourth-order valence-corrected chi connectivity index (χ4v) is 3.85. The number of thioether (sulfide) groups is 1. The van der Waals surface area contributed by atoms with Crippen molar-refractivity contribution < 1.29 is 9.90 Å². The van der Waals surface area contributed by atoms with Crippen molar-refractivity contribution >= 4 is 62.4 Å². The molecule has 150 valence electrons. The van der Waals surface area contributed by atoms with E-state index in [9.17, 15) is 14.7 Å². The molecule has 0 bridgehead atoms. The Balaban J connectivity index is 0.00000182. The third-order valence-corrected chi connectivity index (χ3v) is 5.32. The number of rotatable bonds is 6. The van der Waals surface area contributed by atoms with Crippen molar-refractivity contribution in [1.29, 1.82) is 0 Å². The van der Waals surface area contributed by atoms with Crippen molar-refractivity contribution in [3.8, 4) is 0 Å². The van der Waals surface area contributed by atoms with Crippen LogP contribution in [0.1, 0.15) is 26.2 Å². The van der Waals surface area contributed by atoms with Gasteiger partial charge in [0.1, 0.15) is 0 Å². The number of ketones is 1. The van der Waals surface area contributed by atoms with E-state index in [2.05, 4.69) is 17.2 Å². The first-order valence-corrected chi connectivity index (χ1v) is 9.62. The van der Waals surface area contributed by atoms with E-state index in [0.29, 0.717) is 17.3 Å². The SMILES string of the molecule is Br.Br.CCSc1ccc2ncn(CC(=O)CC3NCCCC3O)c(=O)c2c1. The number of aliphatic hydroxyl groups is 1. The lowest BCUT2D eigenvalue weighted by atomic mass is 9.97. The molecule has 0 amide bonds. The van der Waals surface area contributed by atoms with Crippen LogP contribution in [-0.2, 0) is 11.3 Å². The first-order valence-electron chi connectivity index (χ1n) is 8.63. The molecule has 0 saturated carbocycles. The van der Waals surface area contributed by atoms with Crippen LogP contribution in [0.3, 0.4) is 0 Å². The Hall–Kier alpha value is -0.740. The molecule has 2 unspecified atom stereocenters. The van der Waals surface area contributed by atoms with Gasteiger partial charge in [0, 0.05) is 17.4 Å². The van der Waals surface area contributed by atoms with E-state index in [1.165, 1.54) is 10.9 Å². The number of benzene rings is 1. The molecular weight excluding hydrogens is 498 g/mol. The molecule has 1 saturated heterocycles. The van der Waals surface area contributed by atoms with Gasteiger partial charge in [0.2, 0.25) is 0 Å². The predicted octanol–water partition coefficient (Wildman–Crippen LogP) is 2.74. The van der Waals surface area contributed by atoms with Crippen LogP contribution in [0.2, 0.25) is 0 Å². The predicted molar refractivity (Wildman–Crippen MR) is 120 cm³/mol. The van der Waals surface area contributed by atoms with Crippen molar-refractivity contribution in [2.45, 2.75) is 49.8 Å². The number of hydrogen-bond donors (Lipinski definition) is 2. The van der Waals surface area contributed by atoms with Crippen LogP contribution >= 0.6 is 45.7 Å². The molecule has 1 fully saturated rings. The normalized spacial score (nSPS) is 19.2. The number of hydrogen-bond acceptors (Lipinski definition) is 6. The van der Waals surface area contributed by atoms with Crippen molar-refractivity contribution in [2.24, 2.45) is 0 Å². The molecular formula is C18H25Br2N3O3S. The average Bonchev–Trinajstić information content (AvgIpc) is 2.60. The fraction of sp³-hybridized carbons (Fsp3) is 0.500. The zero-order valence-electron chi connectivity index (χ0n) is 15.1. The molecule has 2 atom stereocenters. The Morgan fingerprint density at radius 2 is 2.19 bits per heavy atom. The van der Waals surface area contributed by atoms with E-state index in [1.54, 1.807) is 11.8 Å². The van der Waals surface area contributed by atoms with Gasteiger partial charge in [0.15, 0.2) is 5.78 Å². The quantitative estimate of drug-likeness (QED) is 0.567. The molecule has 0 radical (unpaired) electrons. The number of aliphatic hydroxyl groups excluding tert-OH is 1. The van der Waals surface area contributed by atoms with Gasteiger partial charge in [0.25, 0.3) is 5.56 Å². The number of carbonyl (C=O) groups excluding carboxylic acids is 1. The molecule has 1 aromatic carbocycles. The van der Waals surface area contributed by atoms with Gasteiger partial charge in [-0.15, -0.1) is 45.7 Å². The third kappa shape index (κ3) is 6.12. The minimum absolute atomic E-state index is 0. The van der Waals surface area contributed by atoms with E-state index in [1.807, 2.05) is 18.2 Å². The Morgan fingerprint density at radius 1 is 1.41 bits per heavy atom. The summed E-state index contributed by atoms with van der Waals surface area (Å²) in [6.45, 7) is 2.85. The highest BCUT2D eigenvalue weighted by Gasteiger charge is 2.25. The summed E-state index contributed by atoms with van der Waals surface area (Å²) in [5.41, 5.74) is 0.438. The van der Waals surface area contributed by atoms with Crippen molar-refractivity contribution in [2.75, 3.05) is 12.3 Å². The number of nitrogens with one attached hydrogen (secondary N) is 1. The maximum atomic E-state index is 12.7. The largest absolute Gasteiger partial charge is 0.391 e. The lowest BCUT2D eigenvalue weighted by molar-refractivity contribution is -0.121. The van der Waals surface area contributed by atoms with Gasteiger partial charge < -0.3 is 10.4 Å². The summed E-state index contributed by atoms with van der Waals surface area (Å²) in [4.78, 5) is 30.3. The van der Waals surface area contributed by atoms with E-state index in [-0.39, 0.29) is 64.3 Å². The Morgan fingerprint density at radius 3 is 2.89 bits per heavy atom. The standard InChI is InChI=1S/C18H23N3O3S.2BrH/c1-2-25-13-5-6-15-14(9-13)18(24)21(11-20-15)10-12(22)8-16-17(23)4-3-7-19-16;;/h5-6,9,11,16-17,19,23H,2-4,7-8,10H2,1H3;2*1H. The Bertz CT molecular complexity index is 831. The molecule has 2 N–H and O–H groups in total. The van der Waals surface area contributed by atoms with Crippen LogP contribution in [0.15, 0.2) is 34.2 Å². The molecule has 0 spiro atoms. The van der Waals surface area contributed by atoms with Crippen LogP contribution in [0.4, 0.5) is 0 Å².